The molecule has 1 fully saturated rings. The molecule has 36 heavy (non-hydrogen) atoms. The minimum atomic E-state index is -2.70. The van der Waals surface area contributed by atoms with Crippen LogP contribution in [0.3, 0.4) is 0 Å². The van der Waals surface area contributed by atoms with E-state index in [9.17, 15) is 4.57 Å². The number of anilines is 5. The van der Waals surface area contributed by atoms with Gasteiger partial charge in [0.15, 0.2) is 5.82 Å². The molecule has 1 unspecified atom stereocenters. The van der Waals surface area contributed by atoms with Gasteiger partial charge in [-0.1, -0.05) is 29.8 Å². The average molecular weight is 527 g/mol. The Balaban J connectivity index is 1.57. The van der Waals surface area contributed by atoms with Crippen LogP contribution in [-0.2, 0) is 4.57 Å². The van der Waals surface area contributed by atoms with Crippen LogP contribution in [0, 0.1) is 0 Å². The van der Waals surface area contributed by atoms with E-state index in [1.165, 1.54) is 6.20 Å². The molecular formula is C26H32ClN6O2P. The highest BCUT2D eigenvalue weighted by Crippen LogP contribution is 2.44. The lowest BCUT2D eigenvalue weighted by atomic mass is 10.2. The largest absolute Gasteiger partial charge is 0.494 e. The molecule has 1 aromatic heterocycles. The number of allylic oxidation sites excluding steroid dienone is 1. The van der Waals surface area contributed by atoms with Crippen LogP contribution < -0.4 is 25.6 Å². The number of likely N-dealkylation sites (N-methyl/N-ethyl adjacent to an activating group) is 1. The second-order valence-electron chi connectivity index (χ2n) is 8.80. The minimum Gasteiger partial charge on any atom is -0.494 e. The van der Waals surface area contributed by atoms with Gasteiger partial charge in [-0.3, -0.25) is 0 Å². The monoisotopic (exact) mass is 526 g/mol. The molecule has 2 aromatic carbocycles. The molecule has 2 N–H and O–H groups in total. The molecule has 3 aromatic rings. The number of piperazine rings is 1. The van der Waals surface area contributed by atoms with Gasteiger partial charge in [0.1, 0.15) is 17.9 Å². The van der Waals surface area contributed by atoms with E-state index in [2.05, 4.69) is 43.5 Å². The maximum Gasteiger partial charge on any atom is 0.229 e. The van der Waals surface area contributed by atoms with Crippen molar-refractivity contribution in [1.82, 2.24) is 14.9 Å². The third kappa shape index (κ3) is 6.01. The van der Waals surface area contributed by atoms with E-state index >= 15 is 0 Å². The van der Waals surface area contributed by atoms with Crippen LogP contribution in [0.4, 0.5) is 28.8 Å². The van der Waals surface area contributed by atoms with Crippen molar-refractivity contribution in [3.8, 4) is 5.75 Å². The first-order valence-electron chi connectivity index (χ1n) is 11.8. The smallest absolute Gasteiger partial charge is 0.229 e. The Morgan fingerprint density at radius 1 is 1.08 bits per heavy atom. The first-order chi connectivity index (χ1) is 17.3. The normalized spacial score (nSPS) is 16.1. The molecule has 1 aliphatic rings. The van der Waals surface area contributed by atoms with Gasteiger partial charge >= 0.3 is 0 Å². The summed E-state index contributed by atoms with van der Waals surface area (Å²) < 4.78 is 18.9. The Morgan fingerprint density at radius 2 is 1.83 bits per heavy atom. The molecule has 0 saturated carbocycles. The molecule has 1 atom stereocenters. The van der Waals surface area contributed by atoms with Gasteiger partial charge < -0.3 is 29.7 Å². The van der Waals surface area contributed by atoms with E-state index in [0.717, 1.165) is 37.6 Å². The first-order valence-corrected chi connectivity index (χ1v) is 14.4. The van der Waals surface area contributed by atoms with Gasteiger partial charge in [0.2, 0.25) is 5.95 Å². The fourth-order valence-electron chi connectivity index (χ4n) is 4.14. The third-order valence-corrected chi connectivity index (χ3v) is 8.60. The summed E-state index contributed by atoms with van der Waals surface area (Å²) in [4.78, 5) is 13.6. The summed E-state index contributed by atoms with van der Waals surface area (Å²) in [5, 5.41) is 7.54. The lowest BCUT2D eigenvalue weighted by Crippen LogP contribution is -2.44. The van der Waals surface area contributed by atoms with Gasteiger partial charge in [-0.25, -0.2) is 4.98 Å². The number of rotatable bonds is 8. The third-order valence-electron chi connectivity index (χ3n) is 6.11. The lowest BCUT2D eigenvalue weighted by Gasteiger charge is -2.34. The number of ether oxygens (including phenoxy) is 1. The predicted molar refractivity (Wildman–Crippen MR) is 151 cm³/mol. The van der Waals surface area contributed by atoms with Gasteiger partial charge in [0.25, 0.3) is 0 Å². The first kappa shape index (κ1) is 26.0. The predicted octanol–water partition coefficient (Wildman–Crippen LogP) is 5.53. The summed E-state index contributed by atoms with van der Waals surface area (Å²) in [7, 11) is 1.09. The van der Waals surface area contributed by atoms with Crippen molar-refractivity contribution in [2.45, 2.75) is 6.92 Å². The SMILES string of the molecule is C/C=C/P(C)(=O)c1ccccc1Nc1nc(Nc2ccc(N3CCN(C)CC3)cc2OC)ncc1Cl. The van der Waals surface area contributed by atoms with E-state index in [4.69, 9.17) is 16.3 Å². The average Bonchev–Trinajstić information content (AvgIpc) is 2.87. The zero-order valence-electron chi connectivity index (χ0n) is 21.0. The number of benzene rings is 2. The molecule has 0 radical (unpaired) electrons. The fraction of sp³-hybridized carbons (Fsp3) is 0.308. The van der Waals surface area contributed by atoms with E-state index in [1.54, 1.807) is 25.7 Å². The number of hydrogen-bond acceptors (Lipinski definition) is 8. The van der Waals surface area contributed by atoms with Gasteiger partial charge in [0.05, 0.1) is 24.7 Å². The number of para-hydroxylation sites is 1. The number of methoxy groups -OCH3 is 1. The molecular weight excluding hydrogens is 495 g/mol. The highest BCUT2D eigenvalue weighted by Gasteiger charge is 2.20. The zero-order valence-corrected chi connectivity index (χ0v) is 22.7. The molecule has 0 aliphatic carbocycles. The summed E-state index contributed by atoms with van der Waals surface area (Å²) in [6.07, 6.45) is 3.34. The van der Waals surface area contributed by atoms with Crippen molar-refractivity contribution in [2.24, 2.45) is 0 Å². The molecule has 2 heterocycles. The van der Waals surface area contributed by atoms with Gasteiger partial charge in [0, 0.05) is 43.2 Å². The highest BCUT2D eigenvalue weighted by molar-refractivity contribution is 7.74. The minimum absolute atomic E-state index is 0.352. The number of hydrogen-bond donors (Lipinski definition) is 2. The van der Waals surface area contributed by atoms with Crippen molar-refractivity contribution >= 4 is 52.9 Å². The summed E-state index contributed by atoms with van der Waals surface area (Å²) in [6, 6.07) is 13.5. The van der Waals surface area contributed by atoms with Crippen molar-refractivity contribution in [3.63, 3.8) is 0 Å². The van der Waals surface area contributed by atoms with Crippen LogP contribution in [0.5, 0.6) is 5.75 Å². The van der Waals surface area contributed by atoms with Crippen molar-refractivity contribution < 1.29 is 9.30 Å². The molecule has 4 rings (SSSR count). The number of halogens is 1. The van der Waals surface area contributed by atoms with E-state index in [0.29, 0.717) is 33.5 Å². The molecule has 0 spiro atoms. The Bertz CT molecular complexity index is 1290. The number of nitrogens with one attached hydrogen (secondary N) is 2. The van der Waals surface area contributed by atoms with Crippen LogP contribution in [-0.4, -0.2) is 61.9 Å². The lowest BCUT2D eigenvalue weighted by molar-refractivity contribution is 0.312. The molecule has 8 nitrogen and oxygen atoms in total. The Morgan fingerprint density at radius 3 is 2.56 bits per heavy atom. The van der Waals surface area contributed by atoms with Crippen molar-refractivity contribution in [1.29, 1.82) is 0 Å². The van der Waals surface area contributed by atoms with Crippen LogP contribution in [0.25, 0.3) is 0 Å². The standard InChI is InChI=1S/C26H32ClN6O2P/c1-5-16-36(4,34)24-9-7-6-8-22(24)29-25-20(27)18-28-26(31-25)30-21-11-10-19(17-23(21)35-3)33-14-12-32(2)13-15-33/h5-11,16-18H,12-15H2,1-4H3,(H2,28,29,30,31)/b16-5+. The molecule has 1 saturated heterocycles. The molecule has 10 heteroatoms. The fourth-order valence-corrected chi connectivity index (χ4v) is 6.00. The Hall–Kier alpha value is -3.06. The summed E-state index contributed by atoms with van der Waals surface area (Å²) in [6.45, 7) is 7.60. The van der Waals surface area contributed by atoms with Crippen molar-refractivity contribution in [3.05, 3.63) is 65.6 Å². The summed E-state index contributed by atoms with van der Waals surface area (Å²) >= 11 is 6.42. The van der Waals surface area contributed by atoms with Gasteiger partial charge in [-0.2, -0.15) is 4.98 Å². The number of nitrogens with zero attached hydrogens (tertiary/aromatic N) is 4. The van der Waals surface area contributed by atoms with E-state index in [-0.39, 0.29) is 0 Å². The molecule has 190 valence electrons. The zero-order chi connectivity index (χ0) is 25.7. The summed E-state index contributed by atoms with van der Waals surface area (Å²) in [5.41, 5.74) is 2.55. The Labute approximate surface area is 217 Å². The van der Waals surface area contributed by atoms with E-state index < -0.39 is 7.14 Å². The molecule has 1 aliphatic heterocycles. The number of aromatic nitrogens is 2. The Kier molecular flexibility index (Phi) is 8.19. The quantitative estimate of drug-likeness (QED) is 0.371. The highest BCUT2D eigenvalue weighted by atomic mass is 35.5. The van der Waals surface area contributed by atoms with Crippen LogP contribution in [0.1, 0.15) is 6.92 Å². The summed E-state index contributed by atoms with van der Waals surface area (Å²) in [5.74, 6) is 3.21. The van der Waals surface area contributed by atoms with E-state index in [1.807, 2.05) is 43.3 Å². The van der Waals surface area contributed by atoms with Crippen molar-refractivity contribution in [2.75, 3.05) is 62.5 Å². The second kappa shape index (κ2) is 11.3. The second-order valence-corrected chi connectivity index (χ2v) is 12.0. The van der Waals surface area contributed by atoms with Crippen LogP contribution in [0.15, 0.2) is 60.6 Å². The maximum absolute atomic E-state index is 13.2. The molecule has 0 amide bonds. The van der Waals surface area contributed by atoms with Crippen LogP contribution >= 0.6 is 18.7 Å². The topological polar surface area (TPSA) is 82.6 Å². The van der Waals surface area contributed by atoms with Gasteiger partial charge in [-0.05, 0) is 50.7 Å². The van der Waals surface area contributed by atoms with Gasteiger partial charge in [-0.15, -0.1) is 0 Å². The molecule has 0 bridgehead atoms. The van der Waals surface area contributed by atoms with Crippen LogP contribution in [0.2, 0.25) is 5.02 Å². The maximum atomic E-state index is 13.2.